The van der Waals surface area contributed by atoms with Crippen LogP contribution in [0.4, 0.5) is 11.4 Å². The van der Waals surface area contributed by atoms with Crippen LogP contribution >= 0.6 is 11.3 Å². The second-order valence-corrected chi connectivity index (χ2v) is 8.64. The average Bonchev–Trinajstić information content (AvgIpc) is 3.26. The largest absolute Gasteiger partial charge is 0.322 e. The van der Waals surface area contributed by atoms with Gasteiger partial charge in [-0.2, -0.15) is 0 Å². The SMILES string of the molecule is Cc1ccsc1CN(C)CC(=O)N1c2ccccc2NC(=O)C12CCCC2. The van der Waals surface area contributed by atoms with Crippen LogP contribution in [-0.2, 0) is 16.1 Å². The first-order valence-corrected chi connectivity index (χ1v) is 10.3. The summed E-state index contributed by atoms with van der Waals surface area (Å²) >= 11 is 1.72. The zero-order valence-corrected chi connectivity index (χ0v) is 16.6. The molecule has 0 bridgehead atoms. The summed E-state index contributed by atoms with van der Waals surface area (Å²) in [7, 11) is 1.97. The van der Waals surface area contributed by atoms with Crippen molar-refractivity contribution in [2.75, 3.05) is 23.8 Å². The number of fused-ring (bicyclic) bond motifs is 1. The van der Waals surface area contributed by atoms with Crippen LogP contribution < -0.4 is 10.2 Å². The first-order valence-electron chi connectivity index (χ1n) is 9.46. The number of anilines is 2. The third-order valence-corrected chi connectivity index (χ3v) is 6.72. The van der Waals surface area contributed by atoms with E-state index in [9.17, 15) is 9.59 Å². The molecule has 2 amide bonds. The van der Waals surface area contributed by atoms with Crippen molar-refractivity contribution in [2.45, 2.75) is 44.7 Å². The quantitative estimate of drug-likeness (QED) is 0.874. The van der Waals surface area contributed by atoms with Gasteiger partial charge in [0.05, 0.1) is 17.9 Å². The van der Waals surface area contributed by atoms with Gasteiger partial charge in [-0.15, -0.1) is 11.3 Å². The lowest BCUT2D eigenvalue weighted by molar-refractivity contribution is -0.127. The summed E-state index contributed by atoms with van der Waals surface area (Å²) in [6.45, 7) is 3.13. The number of nitrogens with zero attached hydrogens (tertiary/aromatic N) is 2. The van der Waals surface area contributed by atoms with Gasteiger partial charge in [0.1, 0.15) is 5.54 Å². The number of para-hydroxylation sites is 2. The Bertz CT molecular complexity index is 870. The van der Waals surface area contributed by atoms with Gasteiger partial charge in [-0.3, -0.25) is 19.4 Å². The topological polar surface area (TPSA) is 52.7 Å². The number of carbonyl (C=O) groups is 2. The summed E-state index contributed by atoms with van der Waals surface area (Å²) in [5, 5.41) is 5.11. The number of carbonyl (C=O) groups excluding carboxylic acids is 2. The summed E-state index contributed by atoms with van der Waals surface area (Å²) in [5.41, 5.74) is 2.08. The summed E-state index contributed by atoms with van der Waals surface area (Å²) in [6.07, 6.45) is 3.41. The van der Waals surface area contributed by atoms with E-state index in [-0.39, 0.29) is 11.8 Å². The zero-order valence-electron chi connectivity index (χ0n) is 15.8. The molecule has 4 rings (SSSR count). The maximum atomic E-state index is 13.4. The average molecular weight is 384 g/mol. The molecule has 1 saturated carbocycles. The molecule has 1 N–H and O–H groups in total. The van der Waals surface area contributed by atoms with E-state index >= 15 is 0 Å². The minimum absolute atomic E-state index is 0.00379. The Morgan fingerprint density at radius 2 is 2.00 bits per heavy atom. The van der Waals surface area contributed by atoms with E-state index in [4.69, 9.17) is 0 Å². The highest BCUT2D eigenvalue weighted by Crippen LogP contribution is 2.45. The van der Waals surface area contributed by atoms with Gasteiger partial charge in [0.25, 0.3) is 5.91 Å². The minimum atomic E-state index is -0.731. The maximum absolute atomic E-state index is 13.4. The molecule has 1 aromatic carbocycles. The van der Waals surface area contributed by atoms with Crippen molar-refractivity contribution >= 4 is 34.5 Å². The number of aryl methyl sites for hydroxylation is 1. The number of benzene rings is 1. The van der Waals surface area contributed by atoms with Crippen LogP contribution in [-0.4, -0.2) is 35.8 Å². The molecule has 1 fully saturated rings. The summed E-state index contributed by atoms with van der Waals surface area (Å²) < 4.78 is 0. The van der Waals surface area contributed by atoms with Crippen molar-refractivity contribution in [1.82, 2.24) is 4.90 Å². The molecule has 142 valence electrons. The fourth-order valence-corrected chi connectivity index (χ4v) is 5.28. The predicted molar refractivity (Wildman–Crippen MR) is 109 cm³/mol. The van der Waals surface area contributed by atoms with Gasteiger partial charge in [0.15, 0.2) is 0 Å². The van der Waals surface area contributed by atoms with E-state index < -0.39 is 5.54 Å². The molecular formula is C21H25N3O2S. The molecule has 2 aliphatic rings. The van der Waals surface area contributed by atoms with Crippen LogP contribution in [0.5, 0.6) is 0 Å². The first kappa shape index (κ1) is 18.2. The van der Waals surface area contributed by atoms with Gasteiger partial charge >= 0.3 is 0 Å². The van der Waals surface area contributed by atoms with Gasteiger partial charge in [0.2, 0.25) is 5.91 Å². The van der Waals surface area contributed by atoms with Crippen LogP contribution in [0.2, 0.25) is 0 Å². The third-order valence-electron chi connectivity index (χ3n) is 5.71. The molecule has 2 aromatic rings. The Labute approximate surface area is 164 Å². The van der Waals surface area contributed by atoms with E-state index in [1.165, 1.54) is 10.4 Å². The third kappa shape index (κ3) is 3.17. The highest BCUT2D eigenvalue weighted by Gasteiger charge is 2.52. The molecule has 1 aromatic heterocycles. The Balaban J connectivity index is 1.61. The normalized spacial score (nSPS) is 18.0. The maximum Gasteiger partial charge on any atom is 0.250 e. The molecule has 5 nitrogen and oxygen atoms in total. The highest BCUT2D eigenvalue weighted by molar-refractivity contribution is 7.10. The summed E-state index contributed by atoms with van der Waals surface area (Å²) in [4.78, 5) is 31.5. The van der Waals surface area contributed by atoms with Crippen LogP contribution in [0.25, 0.3) is 0 Å². The van der Waals surface area contributed by atoms with Gasteiger partial charge in [0, 0.05) is 11.4 Å². The van der Waals surface area contributed by atoms with Crippen molar-refractivity contribution in [1.29, 1.82) is 0 Å². The molecule has 1 spiro atoms. The molecule has 0 radical (unpaired) electrons. The van der Waals surface area contributed by atoms with E-state index in [1.807, 2.05) is 36.2 Å². The lowest BCUT2D eigenvalue weighted by Gasteiger charge is -2.44. The fraction of sp³-hybridized carbons (Fsp3) is 0.429. The Kier molecular flexibility index (Phi) is 4.78. The second-order valence-electron chi connectivity index (χ2n) is 7.64. The molecule has 0 atom stereocenters. The van der Waals surface area contributed by atoms with Crippen LogP contribution in [0.3, 0.4) is 0 Å². The predicted octanol–water partition coefficient (Wildman–Crippen LogP) is 3.79. The Morgan fingerprint density at radius 3 is 2.70 bits per heavy atom. The van der Waals surface area contributed by atoms with Crippen molar-refractivity contribution < 1.29 is 9.59 Å². The van der Waals surface area contributed by atoms with E-state index in [0.29, 0.717) is 6.54 Å². The number of rotatable bonds is 4. The second kappa shape index (κ2) is 7.09. The van der Waals surface area contributed by atoms with Crippen molar-refractivity contribution in [3.63, 3.8) is 0 Å². The molecule has 6 heteroatoms. The molecule has 1 aliphatic heterocycles. The Morgan fingerprint density at radius 1 is 1.26 bits per heavy atom. The molecule has 0 saturated heterocycles. The van der Waals surface area contributed by atoms with E-state index in [1.54, 1.807) is 16.2 Å². The number of hydrogen-bond acceptors (Lipinski definition) is 4. The summed E-state index contributed by atoms with van der Waals surface area (Å²) in [5.74, 6) is -0.0419. The fourth-order valence-electron chi connectivity index (χ4n) is 4.30. The molecule has 0 unspecified atom stereocenters. The van der Waals surface area contributed by atoms with Gasteiger partial charge in [-0.05, 0) is 56.0 Å². The lowest BCUT2D eigenvalue weighted by atomic mass is 9.89. The minimum Gasteiger partial charge on any atom is -0.322 e. The number of likely N-dealkylation sites (N-methyl/N-ethyl adjacent to an activating group) is 1. The smallest absolute Gasteiger partial charge is 0.250 e. The van der Waals surface area contributed by atoms with E-state index in [0.717, 1.165) is 43.6 Å². The van der Waals surface area contributed by atoms with Crippen LogP contribution in [0.1, 0.15) is 36.1 Å². The van der Waals surface area contributed by atoms with Crippen LogP contribution in [0, 0.1) is 6.92 Å². The van der Waals surface area contributed by atoms with Crippen LogP contribution in [0.15, 0.2) is 35.7 Å². The number of thiophene rings is 1. The monoisotopic (exact) mass is 383 g/mol. The molecular weight excluding hydrogens is 358 g/mol. The molecule has 2 heterocycles. The zero-order chi connectivity index (χ0) is 19.0. The number of hydrogen-bond donors (Lipinski definition) is 1. The molecule has 27 heavy (non-hydrogen) atoms. The number of amides is 2. The van der Waals surface area contributed by atoms with Gasteiger partial charge < -0.3 is 5.32 Å². The highest BCUT2D eigenvalue weighted by atomic mass is 32.1. The Hall–Kier alpha value is -2.18. The lowest BCUT2D eigenvalue weighted by Crippen LogP contribution is -2.62. The molecule has 1 aliphatic carbocycles. The number of nitrogens with one attached hydrogen (secondary N) is 1. The van der Waals surface area contributed by atoms with Crippen molar-refractivity contribution in [3.05, 3.63) is 46.2 Å². The standard InChI is InChI=1S/C21H25N3O2S/c1-15-9-12-27-18(15)13-23(2)14-19(25)24-17-8-4-3-7-16(17)22-20(26)21(24)10-5-6-11-21/h3-4,7-9,12H,5-6,10-11,13-14H2,1-2H3,(H,22,26). The van der Waals surface area contributed by atoms with Crippen molar-refractivity contribution in [2.24, 2.45) is 0 Å². The van der Waals surface area contributed by atoms with Gasteiger partial charge in [-0.1, -0.05) is 25.0 Å². The van der Waals surface area contributed by atoms with E-state index in [2.05, 4.69) is 23.7 Å². The van der Waals surface area contributed by atoms with Crippen molar-refractivity contribution in [3.8, 4) is 0 Å². The van der Waals surface area contributed by atoms with Gasteiger partial charge in [-0.25, -0.2) is 0 Å². The summed E-state index contributed by atoms with van der Waals surface area (Å²) in [6, 6.07) is 9.73. The first-order chi connectivity index (χ1) is 13.0.